The lowest BCUT2D eigenvalue weighted by molar-refractivity contribution is -0.0890. The van der Waals surface area contributed by atoms with Gasteiger partial charge in [0, 0.05) is 13.2 Å². The third-order valence-corrected chi connectivity index (χ3v) is 2.95. The average molecular weight is 218 g/mol. The maximum atomic E-state index is 5.86. The largest absolute Gasteiger partial charge is 0.380 e. The third kappa shape index (κ3) is 4.07. The molecular weight excluding hydrogens is 192 g/mol. The third-order valence-electron chi connectivity index (χ3n) is 2.95. The van der Waals surface area contributed by atoms with Crippen LogP contribution in [0.5, 0.6) is 0 Å². The summed E-state index contributed by atoms with van der Waals surface area (Å²) < 4.78 is 11.3. The SMILES string of the molecule is CCOCC(NN)C(CC)(CC)OCC. The highest BCUT2D eigenvalue weighted by Gasteiger charge is 2.35. The summed E-state index contributed by atoms with van der Waals surface area (Å²) in [7, 11) is 0. The Hall–Kier alpha value is -0.160. The van der Waals surface area contributed by atoms with E-state index in [0.717, 1.165) is 12.8 Å². The van der Waals surface area contributed by atoms with E-state index in [0.29, 0.717) is 19.8 Å². The van der Waals surface area contributed by atoms with Gasteiger partial charge in [-0.1, -0.05) is 13.8 Å². The van der Waals surface area contributed by atoms with Crippen LogP contribution in [0.4, 0.5) is 0 Å². The molecule has 0 spiro atoms. The standard InChI is InChI=1S/C11H26N2O2/c1-5-11(6-2,15-8-4)10(13-12)9-14-7-3/h10,13H,5-9,12H2,1-4H3. The van der Waals surface area contributed by atoms with Gasteiger partial charge in [-0.3, -0.25) is 11.3 Å². The van der Waals surface area contributed by atoms with E-state index in [1.54, 1.807) is 0 Å². The lowest BCUT2D eigenvalue weighted by atomic mass is 9.89. The Bertz CT molecular complexity index is 150. The summed E-state index contributed by atoms with van der Waals surface area (Å²) in [5.74, 6) is 5.57. The summed E-state index contributed by atoms with van der Waals surface area (Å²) in [5, 5.41) is 0. The summed E-state index contributed by atoms with van der Waals surface area (Å²) in [4.78, 5) is 0. The Kier molecular flexibility index (Phi) is 7.96. The van der Waals surface area contributed by atoms with Crippen LogP contribution in [0.15, 0.2) is 0 Å². The fraction of sp³-hybridized carbons (Fsp3) is 1.00. The van der Waals surface area contributed by atoms with E-state index in [1.165, 1.54) is 0 Å². The number of hydrazine groups is 1. The van der Waals surface area contributed by atoms with E-state index >= 15 is 0 Å². The highest BCUT2D eigenvalue weighted by atomic mass is 16.5. The normalized spacial score (nSPS) is 14.2. The number of nitrogens with one attached hydrogen (secondary N) is 1. The molecule has 0 aromatic heterocycles. The molecule has 0 aliphatic rings. The molecule has 0 rings (SSSR count). The number of rotatable bonds is 9. The van der Waals surface area contributed by atoms with E-state index in [1.807, 2.05) is 13.8 Å². The minimum atomic E-state index is -0.210. The van der Waals surface area contributed by atoms with Crippen LogP contribution >= 0.6 is 0 Å². The summed E-state index contributed by atoms with van der Waals surface area (Å²) in [6, 6.07) is 0.0485. The monoisotopic (exact) mass is 218 g/mol. The van der Waals surface area contributed by atoms with Crippen LogP contribution < -0.4 is 11.3 Å². The van der Waals surface area contributed by atoms with Crippen molar-refractivity contribution in [3.63, 3.8) is 0 Å². The average Bonchev–Trinajstić information content (AvgIpc) is 2.28. The summed E-state index contributed by atoms with van der Waals surface area (Å²) >= 11 is 0. The van der Waals surface area contributed by atoms with Gasteiger partial charge in [0.2, 0.25) is 0 Å². The lowest BCUT2D eigenvalue weighted by Gasteiger charge is -2.38. The summed E-state index contributed by atoms with van der Waals surface area (Å²) in [5.41, 5.74) is 2.60. The highest BCUT2D eigenvalue weighted by molar-refractivity contribution is 4.90. The molecule has 0 saturated heterocycles. The molecule has 0 bridgehead atoms. The van der Waals surface area contributed by atoms with Crippen LogP contribution in [-0.2, 0) is 9.47 Å². The Morgan fingerprint density at radius 3 is 2.07 bits per heavy atom. The molecule has 0 heterocycles. The van der Waals surface area contributed by atoms with E-state index in [4.69, 9.17) is 15.3 Å². The molecule has 0 aromatic rings. The van der Waals surface area contributed by atoms with Gasteiger partial charge in [0.15, 0.2) is 0 Å². The maximum Gasteiger partial charge on any atom is 0.0865 e. The molecule has 3 N–H and O–H groups in total. The van der Waals surface area contributed by atoms with Crippen molar-refractivity contribution < 1.29 is 9.47 Å². The molecule has 0 aliphatic heterocycles. The van der Waals surface area contributed by atoms with Gasteiger partial charge in [-0.2, -0.15) is 0 Å². The molecule has 1 unspecified atom stereocenters. The van der Waals surface area contributed by atoms with Crippen LogP contribution in [0, 0.1) is 0 Å². The van der Waals surface area contributed by atoms with Crippen molar-refractivity contribution in [3.8, 4) is 0 Å². The van der Waals surface area contributed by atoms with Crippen LogP contribution in [0.1, 0.15) is 40.5 Å². The van der Waals surface area contributed by atoms with Crippen molar-refractivity contribution in [1.82, 2.24) is 5.43 Å². The first-order valence-electron chi connectivity index (χ1n) is 5.88. The molecule has 4 nitrogen and oxygen atoms in total. The molecule has 1 atom stereocenters. The molecule has 0 aromatic carbocycles. The van der Waals surface area contributed by atoms with Gasteiger partial charge >= 0.3 is 0 Å². The molecule has 15 heavy (non-hydrogen) atoms. The van der Waals surface area contributed by atoms with Crippen molar-refractivity contribution in [2.24, 2.45) is 5.84 Å². The zero-order valence-electron chi connectivity index (χ0n) is 10.5. The van der Waals surface area contributed by atoms with Gasteiger partial charge in [-0.05, 0) is 26.7 Å². The molecule has 92 valence electrons. The molecule has 0 fully saturated rings. The molecule has 4 heteroatoms. The Morgan fingerprint density at radius 1 is 1.13 bits per heavy atom. The van der Waals surface area contributed by atoms with E-state index in [-0.39, 0.29) is 11.6 Å². The zero-order chi connectivity index (χ0) is 11.7. The molecule has 0 amide bonds. The summed E-state index contributed by atoms with van der Waals surface area (Å²) in [6.07, 6.45) is 1.86. The fourth-order valence-corrected chi connectivity index (χ4v) is 1.92. The van der Waals surface area contributed by atoms with E-state index in [9.17, 15) is 0 Å². The van der Waals surface area contributed by atoms with Gasteiger partial charge in [0.05, 0.1) is 18.2 Å². The Balaban J connectivity index is 4.51. The van der Waals surface area contributed by atoms with Gasteiger partial charge < -0.3 is 9.47 Å². The minimum Gasteiger partial charge on any atom is -0.380 e. The first-order valence-corrected chi connectivity index (χ1v) is 5.88. The Morgan fingerprint density at radius 2 is 1.73 bits per heavy atom. The molecule has 0 radical (unpaired) electrons. The molecule has 0 aliphatic carbocycles. The van der Waals surface area contributed by atoms with Crippen molar-refractivity contribution in [3.05, 3.63) is 0 Å². The predicted molar refractivity (Wildman–Crippen MR) is 62.5 cm³/mol. The number of nitrogens with two attached hydrogens (primary N) is 1. The van der Waals surface area contributed by atoms with Gasteiger partial charge in [0.25, 0.3) is 0 Å². The van der Waals surface area contributed by atoms with E-state index in [2.05, 4.69) is 19.3 Å². The van der Waals surface area contributed by atoms with Crippen LogP contribution in [0.25, 0.3) is 0 Å². The van der Waals surface area contributed by atoms with Gasteiger partial charge in [-0.15, -0.1) is 0 Å². The highest BCUT2D eigenvalue weighted by Crippen LogP contribution is 2.25. The van der Waals surface area contributed by atoms with Crippen LogP contribution in [0.3, 0.4) is 0 Å². The quantitative estimate of drug-likeness (QED) is 0.454. The minimum absolute atomic E-state index is 0.0485. The van der Waals surface area contributed by atoms with Gasteiger partial charge in [-0.25, -0.2) is 0 Å². The predicted octanol–water partition coefficient (Wildman–Crippen LogP) is 1.45. The molecule has 0 saturated carbocycles. The second-order valence-electron chi connectivity index (χ2n) is 3.58. The summed E-state index contributed by atoms with van der Waals surface area (Å²) in [6.45, 7) is 10.2. The first kappa shape index (κ1) is 14.8. The van der Waals surface area contributed by atoms with Crippen molar-refractivity contribution in [1.29, 1.82) is 0 Å². The second kappa shape index (κ2) is 8.05. The van der Waals surface area contributed by atoms with Crippen molar-refractivity contribution in [2.75, 3.05) is 19.8 Å². The van der Waals surface area contributed by atoms with Crippen molar-refractivity contribution >= 4 is 0 Å². The van der Waals surface area contributed by atoms with Crippen LogP contribution in [-0.4, -0.2) is 31.5 Å². The number of hydrogen-bond donors (Lipinski definition) is 2. The zero-order valence-corrected chi connectivity index (χ0v) is 10.5. The first-order chi connectivity index (χ1) is 7.20. The molecular formula is C11H26N2O2. The topological polar surface area (TPSA) is 56.5 Å². The number of ether oxygens (including phenoxy) is 2. The second-order valence-corrected chi connectivity index (χ2v) is 3.58. The fourth-order valence-electron chi connectivity index (χ4n) is 1.92. The Labute approximate surface area is 93.5 Å². The van der Waals surface area contributed by atoms with Crippen molar-refractivity contribution in [2.45, 2.75) is 52.2 Å². The number of hydrogen-bond acceptors (Lipinski definition) is 4. The maximum absolute atomic E-state index is 5.86. The smallest absolute Gasteiger partial charge is 0.0865 e. The van der Waals surface area contributed by atoms with Crippen LogP contribution in [0.2, 0.25) is 0 Å². The van der Waals surface area contributed by atoms with E-state index < -0.39 is 0 Å². The lowest BCUT2D eigenvalue weighted by Crippen LogP contribution is -2.56. The van der Waals surface area contributed by atoms with Gasteiger partial charge in [0.1, 0.15) is 0 Å².